The van der Waals surface area contributed by atoms with Gasteiger partial charge in [0.05, 0.1) is 0 Å². The summed E-state index contributed by atoms with van der Waals surface area (Å²) in [6.45, 7) is 6.84. The normalized spacial score (nSPS) is 15.2. The third-order valence-corrected chi connectivity index (χ3v) is 0.971. The Labute approximate surface area is 65.9 Å². The van der Waals surface area contributed by atoms with Crippen LogP contribution >= 0.6 is 0 Å². The second-order valence-electron chi connectivity index (χ2n) is 2.14. The van der Waals surface area contributed by atoms with E-state index in [1.54, 1.807) is 6.92 Å². The van der Waals surface area contributed by atoms with E-state index in [-0.39, 0.29) is 0 Å². The molecule has 0 aromatic rings. The molecule has 2 N–H and O–H groups in total. The van der Waals surface area contributed by atoms with Gasteiger partial charge in [0.15, 0.2) is 0 Å². The molecule has 11 heavy (non-hydrogen) atoms. The Morgan fingerprint density at radius 1 is 1.91 bits per heavy atom. The first-order valence-electron chi connectivity index (χ1n) is 3.34. The Kier molecular flexibility index (Phi) is 3.78. The number of esters is 1. The highest BCUT2D eigenvalue weighted by Gasteiger charge is 2.21. The molecule has 0 aliphatic carbocycles. The molecular weight excluding hydrogens is 146 g/mol. The van der Waals surface area contributed by atoms with E-state index < -0.39 is 11.9 Å². The zero-order valence-corrected chi connectivity index (χ0v) is 6.76. The van der Waals surface area contributed by atoms with Gasteiger partial charge in [-0.05, 0) is 6.54 Å². The lowest BCUT2D eigenvalue weighted by molar-refractivity contribution is -0.208. The van der Waals surface area contributed by atoms with Crippen LogP contribution in [0.2, 0.25) is 0 Å². The molecule has 0 fully saturated rings. The van der Waals surface area contributed by atoms with Crippen molar-refractivity contribution in [2.75, 3.05) is 6.54 Å². The summed E-state index contributed by atoms with van der Waals surface area (Å²) in [6, 6.07) is 0. The lowest BCUT2D eigenvalue weighted by atomic mass is 10.5. The zero-order chi connectivity index (χ0) is 8.91. The van der Waals surface area contributed by atoms with Crippen LogP contribution in [0.4, 0.5) is 0 Å². The molecule has 0 amide bonds. The maximum atomic E-state index is 10.6. The number of rotatable bonds is 4. The molecule has 4 heteroatoms. The molecule has 0 saturated carbocycles. The van der Waals surface area contributed by atoms with E-state index in [2.05, 4.69) is 16.6 Å². The smallest absolute Gasteiger partial charge is 0.333 e. The van der Waals surface area contributed by atoms with Crippen LogP contribution in [0, 0.1) is 0 Å². The summed E-state index contributed by atoms with van der Waals surface area (Å²) in [5, 5.41) is 11.8. The van der Waals surface area contributed by atoms with Gasteiger partial charge >= 0.3 is 5.97 Å². The Hall–Kier alpha value is -0.870. The van der Waals surface area contributed by atoms with Gasteiger partial charge in [-0.25, -0.2) is 4.79 Å². The fourth-order valence-corrected chi connectivity index (χ4v) is 0.602. The highest BCUT2D eigenvalue weighted by molar-refractivity contribution is 5.81. The number of carbonyl (C=O) groups excluding carboxylic acids is 1. The van der Waals surface area contributed by atoms with E-state index in [4.69, 9.17) is 0 Å². The molecule has 0 bridgehead atoms. The SMILES string of the molecule is C=CC(=O)OC(C)(O)NCC. The average Bonchev–Trinajstić information content (AvgIpc) is 1.86. The standard InChI is InChI=1S/C7H13NO3/c1-4-6(9)11-7(3,10)8-5-2/h4,8,10H,1,5H2,2-3H3. The molecule has 0 aliphatic heterocycles. The molecule has 0 heterocycles. The van der Waals surface area contributed by atoms with Gasteiger partial charge in [0.1, 0.15) is 0 Å². The van der Waals surface area contributed by atoms with Crippen LogP contribution in [-0.2, 0) is 9.53 Å². The van der Waals surface area contributed by atoms with Gasteiger partial charge in [-0.3, -0.25) is 5.32 Å². The molecular formula is C7H13NO3. The van der Waals surface area contributed by atoms with Crippen LogP contribution in [0.15, 0.2) is 12.7 Å². The molecule has 64 valence electrons. The molecule has 4 nitrogen and oxygen atoms in total. The van der Waals surface area contributed by atoms with Crippen LogP contribution < -0.4 is 5.32 Å². The quantitative estimate of drug-likeness (QED) is 0.344. The van der Waals surface area contributed by atoms with Gasteiger partial charge in [0.2, 0.25) is 0 Å². The fourth-order valence-electron chi connectivity index (χ4n) is 0.602. The Morgan fingerprint density at radius 3 is 2.82 bits per heavy atom. The second kappa shape index (κ2) is 4.10. The minimum absolute atomic E-state index is 0.511. The first kappa shape index (κ1) is 10.1. The van der Waals surface area contributed by atoms with Crippen molar-refractivity contribution in [3.63, 3.8) is 0 Å². The third-order valence-electron chi connectivity index (χ3n) is 0.971. The summed E-state index contributed by atoms with van der Waals surface area (Å²) in [5.74, 6) is -2.25. The van der Waals surface area contributed by atoms with Gasteiger partial charge in [-0.2, -0.15) is 0 Å². The number of hydrogen-bond donors (Lipinski definition) is 2. The van der Waals surface area contributed by atoms with Gasteiger partial charge in [-0.15, -0.1) is 0 Å². The van der Waals surface area contributed by atoms with Crippen molar-refractivity contribution in [1.82, 2.24) is 5.32 Å². The summed E-state index contributed by atoms with van der Waals surface area (Å²) in [6.07, 6.45) is 0.992. The predicted molar refractivity (Wildman–Crippen MR) is 40.6 cm³/mol. The minimum Gasteiger partial charge on any atom is -0.416 e. The number of nitrogens with one attached hydrogen (secondary N) is 1. The Bertz CT molecular complexity index is 154. The third kappa shape index (κ3) is 4.52. The zero-order valence-electron chi connectivity index (χ0n) is 6.76. The van der Waals surface area contributed by atoms with Crippen molar-refractivity contribution < 1.29 is 14.6 Å². The topological polar surface area (TPSA) is 58.6 Å². The molecule has 0 aliphatic rings. The minimum atomic E-state index is -1.60. The first-order chi connectivity index (χ1) is 5.02. The van der Waals surface area contributed by atoms with Crippen LogP contribution in [0.5, 0.6) is 0 Å². The maximum absolute atomic E-state index is 10.6. The lowest BCUT2D eigenvalue weighted by Crippen LogP contribution is -2.45. The van der Waals surface area contributed by atoms with Gasteiger partial charge in [0, 0.05) is 13.0 Å². The van der Waals surface area contributed by atoms with Crippen LogP contribution in [0.3, 0.4) is 0 Å². The van der Waals surface area contributed by atoms with Crippen molar-refractivity contribution in [3.05, 3.63) is 12.7 Å². The van der Waals surface area contributed by atoms with Crippen LogP contribution in [-0.4, -0.2) is 23.5 Å². The number of carbonyl (C=O) groups is 1. The molecule has 0 saturated heterocycles. The number of ether oxygens (including phenoxy) is 1. The van der Waals surface area contributed by atoms with Gasteiger partial charge < -0.3 is 9.84 Å². The summed E-state index contributed by atoms with van der Waals surface area (Å²) >= 11 is 0. The van der Waals surface area contributed by atoms with Crippen molar-refractivity contribution in [3.8, 4) is 0 Å². The fraction of sp³-hybridized carbons (Fsp3) is 0.571. The number of aliphatic hydroxyl groups is 1. The van der Waals surface area contributed by atoms with E-state index in [0.717, 1.165) is 6.08 Å². The summed E-state index contributed by atoms with van der Waals surface area (Å²) in [4.78, 5) is 10.6. The molecule has 1 unspecified atom stereocenters. The summed E-state index contributed by atoms with van der Waals surface area (Å²) in [5.41, 5.74) is 0. The van der Waals surface area contributed by atoms with Crippen molar-refractivity contribution in [2.24, 2.45) is 0 Å². The Balaban J connectivity index is 3.89. The first-order valence-corrected chi connectivity index (χ1v) is 3.34. The molecule has 0 radical (unpaired) electrons. The average molecular weight is 159 g/mol. The Morgan fingerprint density at radius 2 is 2.45 bits per heavy atom. The van der Waals surface area contributed by atoms with E-state index in [1.807, 2.05) is 0 Å². The maximum Gasteiger partial charge on any atom is 0.333 e. The van der Waals surface area contributed by atoms with E-state index in [9.17, 15) is 9.90 Å². The van der Waals surface area contributed by atoms with E-state index in [0.29, 0.717) is 6.54 Å². The van der Waals surface area contributed by atoms with Crippen molar-refractivity contribution in [2.45, 2.75) is 19.8 Å². The molecule has 0 spiro atoms. The van der Waals surface area contributed by atoms with Gasteiger partial charge in [-0.1, -0.05) is 13.5 Å². The van der Waals surface area contributed by atoms with Crippen molar-refractivity contribution in [1.29, 1.82) is 0 Å². The second-order valence-corrected chi connectivity index (χ2v) is 2.14. The predicted octanol–water partition coefficient (Wildman–Crippen LogP) is -0.00890. The van der Waals surface area contributed by atoms with Crippen LogP contribution in [0.25, 0.3) is 0 Å². The highest BCUT2D eigenvalue weighted by Crippen LogP contribution is 2.00. The summed E-state index contributed by atoms with van der Waals surface area (Å²) in [7, 11) is 0. The molecule has 0 rings (SSSR count). The molecule has 0 aromatic heterocycles. The lowest BCUT2D eigenvalue weighted by Gasteiger charge is -2.22. The van der Waals surface area contributed by atoms with E-state index in [1.165, 1.54) is 6.92 Å². The monoisotopic (exact) mass is 159 g/mol. The largest absolute Gasteiger partial charge is 0.416 e. The molecule has 1 atom stereocenters. The summed E-state index contributed by atoms with van der Waals surface area (Å²) < 4.78 is 4.51. The van der Waals surface area contributed by atoms with Crippen LogP contribution in [0.1, 0.15) is 13.8 Å². The van der Waals surface area contributed by atoms with Gasteiger partial charge in [0.25, 0.3) is 5.91 Å². The highest BCUT2D eigenvalue weighted by atomic mass is 16.7. The number of hydrogen-bond acceptors (Lipinski definition) is 4. The van der Waals surface area contributed by atoms with Crippen molar-refractivity contribution >= 4 is 5.97 Å². The molecule has 0 aromatic carbocycles. The van der Waals surface area contributed by atoms with E-state index >= 15 is 0 Å².